The van der Waals surface area contributed by atoms with Crippen LogP contribution in [0.4, 0.5) is 0 Å². The summed E-state index contributed by atoms with van der Waals surface area (Å²) < 4.78 is 0. The second-order valence-electron chi connectivity index (χ2n) is 6.63. The molecule has 0 saturated carbocycles. The van der Waals surface area contributed by atoms with Gasteiger partial charge in [0.25, 0.3) is 0 Å². The topological polar surface area (TPSA) is 17.1 Å². The standard InChI is InChI=1S/C20H40O/c1-3-5-7-8-9-10-11-12-13-14-15-16-17-19-20(21)18-6-4-2/h3-19H2,1-2H3. The van der Waals surface area contributed by atoms with Gasteiger partial charge >= 0.3 is 0 Å². The number of carbonyl (C=O) groups excluding carboxylic acids is 1. The lowest BCUT2D eigenvalue weighted by Gasteiger charge is -2.03. The third-order valence-corrected chi connectivity index (χ3v) is 4.37. The van der Waals surface area contributed by atoms with Crippen molar-refractivity contribution in [3.05, 3.63) is 0 Å². The van der Waals surface area contributed by atoms with Gasteiger partial charge in [-0.1, -0.05) is 97.3 Å². The normalized spacial score (nSPS) is 11.0. The number of hydrogen-bond donors (Lipinski definition) is 0. The first kappa shape index (κ1) is 20.7. The van der Waals surface area contributed by atoms with Crippen LogP contribution in [0.5, 0.6) is 0 Å². The van der Waals surface area contributed by atoms with Crippen LogP contribution in [0.3, 0.4) is 0 Å². The predicted octanol–water partition coefficient (Wildman–Crippen LogP) is 7.23. The van der Waals surface area contributed by atoms with Gasteiger partial charge in [0.15, 0.2) is 0 Å². The summed E-state index contributed by atoms with van der Waals surface area (Å²) in [5.41, 5.74) is 0. The molecule has 0 aromatic carbocycles. The fourth-order valence-corrected chi connectivity index (χ4v) is 2.84. The summed E-state index contributed by atoms with van der Waals surface area (Å²) in [6, 6.07) is 0. The van der Waals surface area contributed by atoms with E-state index in [2.05, 4.69) is 13.8 Å². The van der Waals surface area contributed by atoms with Crippen LogP contribution in [0.1, 0.15) is 123 Å². The van der Waals surface area contributed by atoms with E-state index in [0.717, 1.165) is 32.1 Å². The Morgan fingerprint density at radius 1 is 0.476 bits per heavy atom. The molecule has 0 fully saturated rings. The maximum atomic E-state index is 11.5. The maximum Gasteiger partial charge on any atom is 0.132 e. The molecule has 0 aromatic rings. The lowest BCUT2D eigenvalue weighted by molar-refractivity contribution is -0.119. The number of hydrogen-bond acceptors (Lipinski definition) is 1. The molecule has 126 valence electrons. The van der Waals surface area contributed by atoms with E-state index in [1.165, 1.54) is 77.0 Å². The summed E-state index contributed by atoms with van der Waals surface area (Å²) in [5.74, 6) is 0.486. The minimum atomic E-state index is 0.486. The van der Waals surface area contributed by atoms with Crippen molar-refractivity contribution in [3.8, 4) is 0 Å². The zero-order chi connectivity index (χ0) is 15.6. The maximum absolute atomic E-state index is 11.5. The monoisotopic (exact) mass is 296 g/mol. The van der Waals surface area contributed by atoms with Gasteiger partial charge in [-0.15, -0.1) is 0 Å². The number of ketones is 1. The summed E-state index contributed by atoms with van der Waals surface area (Å²) in [6.45, 7) is 4.43. The first-order valence-corrected chi connectivity index (χ1v) is 9.83. The summed E-state index contributed by atoms with van der Waals surface area (Å²) in [6.07, 6.45) is 21.7. The molecule has 0 saturated heterocycles. The molecule has 0 atom stereocenters. The summed E-state index contributed by atoms with van der Waals surface area (Å²) in [5, 5.41) is 0. The van der Waals surface area contributed by atoms with Gasteiger partial charge in [-0.2, -0.15) is 0 Å². The van der Waals surface area contributed by atoms with E-state index >= 15 is 0 Å². The Morgan fingerprint density at radius 3 is 1.24 bits per heavy atom. The lowest BCUT2D eigenvalue weighted by Crippen LogP contribution is -1.96. The van der Waals surface area contributed by atoms with Gasteiger partial charge in [-0.25, -0.2) is 0 Å². The van der Waals surface area contributed by atoms with Crippen LogP contribution in [0, 0.1) is 0 Å². The molecule has 0 rings (SSSR count). The molecule has 0 aliphatic heterocycles. The average Bonchev–Trinajstić information content (AvgIpc) is 2.49. The van der Waals surface area contributed by atoms with Crippen LogP contribution in [0.15, 0.2) is 0 Å². The van der Waals surface area contributed by atoms with E-state index in [1.807, 2.05) is 0 Å². The number of Topliss-reactive ketones (excluding diaryl/α,β-unsaturated/α-hetero) is 1. The molecule has 0 amide bonds. The van der Waals surface area contributed by atoms with E-state index in [9.17, 15) is 4.79 Å². The van der Waals surface area contributed by atoms with Crippen molar-refractivity contribution in [2.75, 3.05) is 0 Å². The van der Waals surface area contributed by atoms with Crippen LogP contribution >= 0.6 is 0 Å². The highest BCUT2D eigenvalue weighted by Gasteiger charge is 2.00. The molecule has 0 unspecified atom stereocenters. The molecule has 0 aliphatic rings. The van der Waals surface area contributed by atoms with E-state index in [4.69, 9.17) is 0 Å². The third kappa shape index (κ3) is 17.6. The van der Waals surface area contributed by atoms with Gasteiger partial charge in [-0.05, 0) is 12.8 Å². The van der Waals surface area contributed by atoms with Crippen LogP contribution < -0.4 is 0 Å². The lowest BCUT2D eigenvalue weighted by atomic mass is 10.0. The second-order valence-corrected chi connectivity index (χ2v) is 6.63. The largest absolute Gasteiger partial charge is 0.300 e. The molecule has 0 bridgehead atoms. The van der Waals surface area contributed by atoms with Crippen LogP contribution in [-0.2, 0) is 4.79 Å². The van der Waals surface area contributed by atoms with Gasteiger partial charge in [-0.3, -0.25) is 4.79 Å². The fraction of sp³-hybridized carbons (Fsp3) is 0.950. The van der Waals surface area contributed by atoms with E-state index < -0.39 is 0 Å². The highest BCUT2D eigenvalue weighted by Crippen LogP contribution is 2.13. The van der Waals surface area contributed by atoms with Gasteiger partial charge in [0.05, 0.1) is 0 Å². The first-order chi connectivity index (χ1) is 10.3. The molecule has 21 heavy (non-hydrogen) atoms. The smallest absolute Gasteiger partial charge is 0.132 e. The Kier molecular flexibility index (Phi) is 17.4. The highest BCUT2D eigenvalue weighted by molar-refractivity contribution is 5.78. The Labute approximate surface area is 134 Å². The Balaban J connectivity index is 3.04. The highest BCUT2D eigenvalue weighted by atomic mass is 16.1. The van der Waals surface area contributed by atoms with E-state index in [0.29, 0.717) is 5.78 Å². The average molecular weight is 297 g/mol. The van der Waals surface area contributed by atoms with Gasteiger partial charge in [0.1, 0.15) is 5.78 Å². The Hall–Kier alpha value is -0.330. The molecular formula is C20H40O. The quantitative estimate of drug-likeness (QED) is 0.259. The van der Waals surface area contributed by atoms with Gasteiger partial charge < -0.3 is 0 Å². The van der Waals surface area contributed by atoms with Crippen molar-refractivity contribution in [1.82, 2.24) is 0 Å². The zero-order valence-corrected chi connectivity index (χ0v) is 14.9. The summed E-state index contributed by atoms with van der Waals surface area (Å²) >= 11 is 0. The third-order valence-electron chi connectivity index (χ3n) is 4.37. The zero-order valence-electron chi connectivity index (χ0n) is 14.9. The van der Waals surface area contributed by atoms with Crippen molar-refractivity contribution < 1.29 is 4.79 Å². The van der Waals surface area contributed by atoms with Gasteiger partial charge in [0, 0.05) is 12.8 Å². The fourth-order valence-electron chi connectivity index (χ4n) is 2.84. The second kappa shape index (κ2) is 17.7. The predicted molar refractivity (Wildman–Crippen MR) is 94.8 cm³/mol. The minimum absolute atomic E-state index is 0.486. The van der Waals surface area contributed by atoms with Crippen LogP contribution in [0.25, 0.3) is 0 Å². The Bertz CT molecular complexity index is 210. The molecule has 0 aromatic heterocycles. The number of rotatable bonds is 17. The molecule has 1 nitrogen and oxygen atoms in total. The molecule has 0 heterocycles. The summed E-state index contributed by atoms with van der Waals surface area (Å²) in [7, 11) is 0. The van der Waals surface area contributed by atoms with Crippen molar-refractivity contribution in [2.24, 2.45) is 0 Å². The van der Waals surface area contributed by atoms with Crippen molar-refractivity contribution in [1.29, 1.82) is 0 Å². The number of carbonyl (C=O) groups is 1. The van der Waals surface area contributed by atoms with Crippen molar-refractivity contribution >= 4 is 5.78 Å². The first-order valence-electron chi connectivity index (χ1n) is 9.83. The van der Waals surface area contributed by atoms with Crippen LogP contribution in [-0.4, -0.2) is 5.78 Å². The SMILES string of the molecule is CCCCCCCCCCCCCCCC(=O)CCCC. The Morgan fingerprint density at radius 2 is 0.810 bits per heavy atom. The molecule has 0 radical (unpaired) electrons. The molecule has 1 heteroatoms. The van der Waals surface area contributed by atoms with Crippen LogP contribution in [0.2, 0.25) is 0 Å². The number of unbranched alkanes of at least 4 members (excludes halogenated alkanes) is 13. The minimum Gasteiger partial charge on any atom is -0.300 e. The molecule has 0 N–H and O–H groups in total. The van der Waals surface area contributed by atoms with E-state index in [-0.39, 0.29) is 0 Å². The van der Waals surface area contributed by atoms with Gasteiger partial charge in [0.2, 0.25) is 0 Å². The molecule has 0 spiro atoms. The molecule has 0 aliphatic carbocycles. The van der Waals surface area contributed by atoms with E-state index in [1.54, 1.807) is 0 Å². The summed E-state index contributed by atoms with van der Waals surface area (Å²) in [4.78, 5) is 11.5. The van der Waals surface area contributed by atoms with Crippen molar-refractivity contribution in [2.45, 2.75) is 123 Å². The molecular weight excluding hydrogens is 256 g/mol. The van der Waals surface area contributed by atoms with Crippen molar-refractivity contribution in [3.63, 3.8) is 0 Å².